The van der Waals surface area contributed by atoms with Crippen molar-refractivity contribution in [3.63, 3.8) is 0 Å². The highest BCUT2D eigenvalue weighted by Gasteiger charge is 2.40. The van der Waals surface area contributed by atoms with Crippen molar-refractivity contribution in [2.75, 3.05) is 5.32 Å². The molecule has 0 aromatic heterocycles. The predicted octanol–water partition coefficient (Wildman–Crippen LogP) is 1.08. The highest BCUT2D eigenvalue weighted by molar-refractivity contribution is 6.29. The fourth-order valence-electron chi connectivity index (χ4n) is 1.98. The molecule has 2 N–H and O–H groups in total. The van der Waals surface area contributed by atoms with Gasteiger partial charge in [0.25, 0.3) is 0 Å². The minimum absolute atomic E-state index is 0.321. The first-order chi connectivity index (χ1) is 8.06. The number of carboxylic acid groups (broad SMARTS) is 1. The maximum atomic E-state index is 12.0. The molecule has 5 heteroatoms. The number of aliphatic carboxylic acids is 1. The van der Waals surface area contributed by atoms with E-state index in [1.165, 1.54) is 0 Å². The van der Waals surface area contributed by atoms with Gasteiger partial charge in [-0.1, -0.05) is 19.1 Å². The Morgan fingerprint density at radius 3 is 2.71 bits per heavy atom. The van der Waals surface area contributed by atoms with Gasteiger partial charge in [0.15, 0.2) is 11.7 Å². The normalized spacial score (nSPS) is 18.5. The number of carbonyl (C=O) groups excluding carboxylic acids is 2. The van der Waals surface area contributed by atoms with E-state index in [9.17, 15) is 14.4 Å². The summed E-state index contributed by atoms with van der Waals surface area (Å²) in [6.07, 6.45) is 0.608. The van der Waals surface area contributed by atoms with Crippen molar-refractivity contribution in [1.82, 2.24) is 0 Å². The molecular weight excluding hydrogens is 222 g/mol. The second-order valence-corrected chi connectivity index (χ2v) is 3.82. The van der Waals surface area contributed by atoms with Crippen molar-refractivity contribution in [2.24, 2.45) is 5.92 Å². The van der Waals surface area contributed by atoms with Gasteiger partial charge < -0.3 is 10.4 Å². The van der Waals surface area contributed by atoms with Gasteiger partial charge in [-0.05, 0) is 18.1 Å². The Bertz CT molecular complexity index is 521. The number of amides is 1. The molecule has 17 heavy (non-hydrogen) atoms. The molecule has 1 aliphatic rings. The maximum absolute atomic E-state index is 12.0. The van der Waals surface area contributed by atoms with Crippen LogP contribution in [0.25, 0.3) is 0 Å². The Morgan fingerprint density at radius 2 is 2.12 bits per heavy atom. The molecule has 1 atom stereocenters. The second kappa shape index (κ2) is 4.01. The Kier molecular flexibility index (Phi) is 2.67. The molecule has 1 aliphatic heterocycles. The number of benzene rings is 1. The molecule has 0 bridgehead atoms. The first-order valence-electron chi connectivity index (χ1n) is 5.26. The molecule has 0 spiro atoms. The molecule has 5 nitrogen and oxygen atoms in total. The third kappa shape index (κ3) is 1.69. The summed E-state index contributed by atoms with van der Waals surface area (Å²) in [4.78, 5) is 34.4. The summed E-state index contributed by atoms with van der Waals surface area (Å²) in [5.41, 5.74) is 1.47. The lowest BCUT2D eigenvalue weighted by Crippen LogP contribution is -2.40. The number of rotatable bonds is 2. The fourth-order valence-corrected chi connectivity index (χ4v) is 1.98. The number of hydrogen-bond acceptors (Lipinski definition) is 3. The van der Waals surface area contributed by atoms with Crippen LogP contribution in [0.4, 0.5) is 5.69 Å². The maximum Gasteiger partial charge on any atom is 0.324 e. The van der Waals surface area contributed by atoms with Gasteiger partial charge in [-0.15, -0.1) is 0 Å². The van der Waals surface area contributed by atoms with E-state index in [0.717, 1.165) is 5.56 Å². The Hall–Kier alpha value is -2.17. The number of fused-ring (bicyclic) bond motifs is 1. The van der Waals surface area contributed by atoms with Gasteiger partial charge in [0.2, 0.25) is 5.91 Å². The van der Waals surface area contributed by atoms with E-state index in [4.69, 9.17) is 5.11 Å². The Morgan fingerprint density at radius 1 is 1.41 bits per heavy atom. The molecule has 88 valence electrons. The molecule has 1 amide bonds. The molecule has 0 fully saturated rings. The number of carboxylic acids is 1. The van der Waals surface area contributed by atoms with Crippen LogP contribution < -0.4 is 5.32 Å². The van der Waals surface area contributed by atoms with Gasteiger partial charge in [0.05, 0.1) is 5.69 Å². The number of ketones is 1. The van der Waals surface area contributed by atoms with Crippen LogP contribution in [-0.4, -0.2) is 22.8 Å². The van der Waals surface area contributed by atoms with Gasteiger partial charge in [0, 0.05) is 5.56 Å². The second-order valence-electron chi connectivity index (χ2n) is 3.82. The molecule has 0 saturated heterocycles. The van der Waals surface area contributed by atoms with E-state index in [0.29, 0.717) is 17.7 Å². The zero-order chi connectivity index (χ0) is 12.6. The van der Waals surface area contributed by atoms with E-state index >= 15 is 0 Å². The van der Waals surface area contributed by atoms with E-state index in [1.54, 1.807) is 18.2 Å². The minimum Gasteiger partial charge on any atom is -0.480 e. The van der Waals surface area contributed by atoms with Gasteiger partial charge >= 0.3 is 5.97 Å². The fraction of sp³-hybridized carbons (Fsp3) is 0.250. The van der Waals surface area contributed by atoms with Gasteiger partial charge in [0.1, 0.15) is 0 Å². The van der Waals surface area contributed by atoms with Gasteiger partial charge in [-0.2, -0.15) is 0 Å². The minimum atomic E-state index is -1.63. The monoisotopic (exact) mass is 233 g/mol. The van der Waals surface area contributed by atoms with Crippen LogP contribution in [0.15, 0.2) is 18.2 Å². The van der Waals surface area contributed by atoms with Crippen molar-refractivity contribution in [1.29, 1.82) is 0 Å². The molecule has 1 unspecified atom stereocenters. The molecule has 0 saturated carbocycles. The summed E-state index contributed by atoms with van der Waals surface area (Å²) in [7, 11) is 0. The van der Waals surface area contributed by atoms with Crippen LogP contribution in [0.5, 0.6) is 0 Å². The zero-order valence-electron chi connectivity index (χ0n) is 9.19. The van der Waals surface area contributed by atoms with Gasteiger partial charge in [-0.3, -0.25) is 14.4 Å². The number of nitrogens with one attached hydrogen (secondary N) is 1. The highest BCUT2D eigenvalue weighted by atomic mass is 16.4. The molecule has 0 aliphatic carbocycles. The van der Waals surface area contributed by atoms with E-state index in [1.807, 2.05) is 6.92 Å². The zero-order valence-corrected chi connectivity index (χ0v) is 9.19. The lowest BCUT2D eigenvalue weighted by atomic mass is 9.88. The summed E-state index contributed by atoms with van der Waals surface area (Å²) in [6, 6.07) is 5.09. The SMILES string of the molecule is CCc1cccc2c1C(=O)C(C(=O)O)C(=O)N2. The third-order valence-corrected chi connectivity index (χ3v) is 2.81. The summed E-state index contributed by atoms with van der Waals surface area (Å²) >= 11 is 0. The largest absolute Gasteiger partial charge is 0.480 e. The lowest BCUT2D eigenvalue weighted by Gasteiger charge is -2.22. The number of hydrogen-bond donors (Lipinski definition) is 2. The molecule has 1 heterocycles. The summed E-state index contributed by atoms with van der Waals surface area (Å²) in [6.45, 7) is 1.87. The molecular formula is C12H11NO4. The van der Waals surface area contributed by atoms with E-state index in [2.05, 4.69) is 5.32 Å². The first-order valence-corrected chi connectivity index (χ1v) is 5.26. The number of carbonyl (C=O) groups is 3. The van der Waals surface area contributed by atoms with Crippen molar-refractivity contribution in [3.8, 4) is 0 Å². The summed E-state index contributed by atoms with van der Waals surface area (Å²) in [5, 5.41) is 11.3. The van der Waals surface area contributed by atoms with Crippen LogP contribution >= 0.6 is 0 Å². The first kappa shape index (κ1) is 11.3. The Balaban J connectivity index is 2.59. The molecule has 1 aromatic rings. The predicted molar refractivity (Wildman–Crippen MR) is 59.9 cm³/mol. The van der Waals surface area contributed by atoms with Crippen LogP contribution in [0, 0.1) is 5.92 Å². The quantitative estimate of drug-likeness (QED) is 0.749. The molecule has 1 aromatic carbocycles. The average molecular weight is 233 g/mol. The van der Waals surface area contributed by atoms with Crippen molar-refractivity contribution in [2.45, 2.75) is 13.3 Å². The van der Waals surface area contributed by atoms with Crippen molar-refractivity contribution >= 4 is 23.3 Å². The molecule has 0 radical (unpaired) electrons. The van der Waals surface area contributed by atoms with E-state index in [-0.39, 0.29) is 0 Å². The molecule has 2 rings (SSSR count). The van der Waals surface area contributed by atoms with E-state index < -0.39 is 23.6 Å². The third-order valence-electron chi connectivity index (χ3n) is 2.81. The van der Waals surface area contributed by atoms with Crippen LogP contribution in [0.3, 0.4) is 0 Å². The van der Waals surface area contributed by atoms with Crippen LogP contribution in [0.1, 0.15) is 22.8 Å². The summed E-state index contributed by atoms with van der Waals surface area (Å²) < 4.78 is 0. The highest BCUT2D eigenvalue weighted by Crippen LogP contribution is 2.29. The van der Waals surface area contributed by atoms with Crippen LogP contribution in [-0.2, 0) is 16.0 Å². The smallest absolute Gasteiger partial charge is 0.324 e. The number of anilines is 1. The van der Waals surface area contributed by atoms with Gasteiger partial charge in [-0.25, -0.2) is 0 Å². The topological polar surface area (TPSA) is 83.5 Å². The Labute approximate surface area is 97.4 Å². The van der Waals surface area contributed by atoms with Crippen LogP contribution in [0.2, 0.25) is 0 Å². The standard InChI is InChI=1S/C12H11NO4/c1-2-6-4-3-5-7-8(6)10(14)9(12(16)17)11(15)13-7/h3-5,9H,2H2,1H3,(H,13,15)(H,16,17). The van der Waals surface area contributed by atoms with Crippen molar-refractivity contribution in [3.05, 3.63) is 29.3 Å². The lowest BCUT2D eigenvalue weighted by molar-refractivity contribution is -0.143. The number of aryl methyl sites for hydroxylation is 1. The summed E-state index contributed by atoms with van der Waals surface area (Å²) in [5.74, 6) is -4.45. The average Bonchev–Trinajstić information content (AvgIpc) is 2.27. The number of Topliss-reactive ketones (excluding diaryl/α,β-unsaturated/α-hetero) is 1. The van der Waals surface area contributed by atoms with Crippen molar-refractivity contribution < 1.29 is 19.5 Å².